The lowest BCUT2D eigenvalue weighted by Gasteiger charge is -2.21. The van der Waals surface area contributed by atoms with Crippen LogP contribution in [0.4, 0.5) is 0 Å². The third-order valence-electron chi connectivity index (χ3n) is 3.92. The zero-order chi connectivity index (χ0) is 15.9. The highest BCUT2D eigenvalue weighted by Gasteiger charge is 2.20. The van der Waals surface area contributed by atoms with E-state index >= 15 is 0 Å². The molecule has 0 aromatic rings. The van der Waals surface area contributed by atoms with Crippen LogP contribution in [0.3, 0.4) is 0 Å². The molecule has 0 amide bonds. The number of hydrogen-bond acceptors (Lipinski definition) is 4. The molecule has 6 nitrogen and oxygen atoms in total. The largest absolute Gasteiger partial charge is 0.314 e. The van der Waals surface area contributed by atoms with Gasteiger partial charge in [-0.1, -0.05) is 0 Å². The second-order valence-electron chi connectivity index (χ2n) is 6.23. The molecule has 0 spiro atoms. The number of hydrogen-bond donors (Lipinski definition) is 2. The summed E-state index contributed by atoms with van der Waals surface area (Å²) in [6.07, 6.45) is 4.20. The molecular weight excluding hydrogens is 288 g/mol. The average Bonchev–Trinajstić information content (AvgIpc) is 3.23. The molecule has 1 aliphatic carbocycles. The van der Waals surface area contributed by atoms with E-state index in [0.717, 1.165) is 25.9 Å². The molecule has 0 heterocycles. The topological polar surface area (TPSA) is 64.7 Å². The highest BCUT2D eigenvalue weighted by atomic mass is 32.2. The molecule has 0 radical (unpaired) electrons. The summed E-state index contributed by atoms with van der Waals surface area (Å²) in [5.41, 5.74) is 0. The minimum Gasteiger partial charge on any atom is -0.314 e. The molecule has 1 saturated carbocycles. The Bertz CT molecular complexity index is 382. The van der Waals surface area contributed by atoms with Gasteiger partial charge in [0.2, 0.25) is 0 Å². The molecule has 0 aliphatic heterocycles. The van der Waals surface area contributed by atoms with Gasteiger partial charge in [0.1, 0.15) is 0 Å². The Kier molecular flexibility index (Phi) is 8.12. The predicted molar refractivity (Wildman–Crippen MR) is 87.6 cm³/mol. The summed E-state index contributed by atoms with van der Waals surface area (Å²) in [6.45, 7) is 7.10. The maximum Gasteiger partial charge on any atom is 0.279 e. The summed E-state index contributed by atoms with van der Waals surface area (Å²) in [7, 11) is 0.366. The first-order valence-corrected chi connectivity index (χ1v) is 9.41. The second-order valence-corrected chi connectivity index (χ2v) is 8.09. The maximum atomic E-state index is 12.0. The molecule has 0 bridgehead atoms. The van der Waals surface area contributed by atoms with Crippen molar-refractivity contribution in [3.05, 3.63) is 0 Å². The van der Waals surface area contributed by atoms with Crippen molar-refractivity contribution in [1.82, 2.24) is 19.2 Å². The first-order chi connectivity index (χ1) is 9.83. The zero-order valence-electron chi connectivity index (χ0n) is 13.9. The third-order valence-corrected chi connectivity index (χ3v) is 5.50. The van der Waals surface area contributed by atoms with E-state index in [9.17, 15) is 8.42 Å². The summed E-state index contributed by atoms with van der Waals surface area (Å²) in [4.78, 5) is 2.21. The fourth-order valence-electron chi connectivity index (χ4n) is 1.91. The number of nitrogens with zero attached hydrogens (tertiary/aromatic N) is 2. The van der Waals surface area contributed by atoms with Crippen LogP contribution >= 0.6 is 0 Å². The smallest absolute Gasteiger partial charge is 0.279 e. The van der Waals surface area contributed by atoms with E-state index in [0.29, 0.717) is 25.2 Å². The minimum absolute atomic E-state index is 0.489. The van der Waals surface area contributed by atoms with Crippen LogP contribution in [0.1, 0.15) is 39.5 Å². The van der Waals surface area contributed by atoms with Crippen molar-refractivity contribution in [2.24, 2.45) is 0 Å². The van der Waals surface area contributed by atoms with Crippen LogP contribution in [0.15, 0.2) is 0 Å². The van der Waals surface area contributed by atoms with Gasteiger partial charge in [-0.2, -0.15) is 12.7 Å². The molecule has 7 heteroatoms. The molecule has 0 atom stereocenters. The van der Waals surface area contributed by atoms with Crippen LogP contribution in [-0.4, -0.2) is 70.0 Å². The van der Waals surface area contributed by atoms with E-state index in [1.54, 1.807) is 7.05 Å². The summed E-state index contributed by atoms with van der Waals surface area (Å²) in [5.74, 6) is 0. The molecule has 1 fully saturated rings. The zero-order valence-corrected chi connectivity index (χ0v) is 14.7. The first-order valence-electron chi connectivity index (χ1n) is 7.97. The SMILES string of the molecule is CC(C)N(C)CCCNS(=O)(=O)N(C)CCCNC1CC1. The second kappa shape index (κ2) is 9.05. The quantitative estimate of drug-likeness (QED) is 0.518. The van der Waals surface area contributed by atoms with Crippen molar-refractivity contribution in [2.45, 2.75) is 51.6 Å². The summed E-state index contributed by atoms with van der Waals surface area (Å²) in [6, 6.07) is 1.17. The van der Waals surface area contributed by atoms with Gasteiger partial charge >= 0.3 is 0 Å². The number of nitrogens with one attached hydrogen (secondary N) is 2. The molecule has 0 aromatic heterocycles. The van der Waals surface area contributed by atoms with E-state index in [-0.39, 0.29) is 0 Å². The van der Waals surface area contributed by atoms with Crippen molar-refractivity contribution in [3.8, 4) is 0 Å². The van der Waals surface area contributed by atoms with Gasteiger partial charge in [0.15, 0.2) is 0 Å². The predicted octanol–water partition coefficient (Wildman–Crippen LogP) is 0.625. The van der Waals surface area contributed by atoms with Gasteiger partial charge < -0.3 is 10.2 Å². The van der Waals surface area contributed by atoms with Crippen molar-refractivity contribution >= 4 is 10.2 Å². The molecule has 2 N–H and O–H groups in total. The van der Waals surface area contributed by atoms with E-state index in [1.165, 1.54) is 17.1 Å². The lowest BCUT2D eigenvalue weighted by molar-refractivity contribution is 0.271. The average molecular weight is 321 g/mol. The van der Waals surface area contributed by atoms with Gasteiger partial charge in [-0.3, -0.25) is 0 Å². The van der Waals surface area contributed by atoms with E-state index < -0.39 is 10.2 Å². The molecule has 126 valence electrons. The Balaban J connectivity index is 2.12. The highest BCUT2D eigenvalue weighted by molar-refractivity contribution is 7.87. The van der Waals surface area contributed by atoms with Crippen LogP contribution in [-0.2, 0) is 10.2 Å². The molecule has 21 heavy (non-hydrogen) atoms. The van der Waals surface area contributed by atoms with Crippen LogP contribution in [0, 0.1) is 0 Å². The van der Waals surface area contributed by atoms with Gasteiger partial charge in [-0.25, -0.2) is 4.72 Å². The summed E-state index contributed by atoms with van der Waals surface area (Å²) < 4.78 is 28.1. The van der Waals surface area contributed by atoms with Gasteiger partial charge in [-0.05, 0) is 59.7 Å². The fourth-order valence-corrected chi connectivity index (χ4v) is 2.91. The molecule has 0 saturated heterocycles. The first kappa shape index (κ1) is 18.8. The van der Waals surface area contributed by atoms with Crippen molar-refractivity contribution in [2.75, 3.05) is 40.3 Å². The Morgan fingerprint density at radius 2 is 1.71 bits per heavy atom. The minimum atomic E-state index is -3.33. The Labute approximate surface area is 130 Å². The lowest BCUT2D eigenvalue weighted by atomic mass is 10.3. The Morgan fingerprint density at radius 1 is 1.10 bits per heavy atom. The van der Waals surface area contributed by atoms with Crippen molar-refractivity contribution in [1.29, 1.82) is 0 Å². The molecule has 1 rings (SSSR count). The van der Waals surface area contributed by atoms with Crippen LogP contribution in [0.2, 0.25) is 0 Å². The molecular formula is C14H32N4O2S. The standard InChI is InChI=1S/C14H32N4O2S/c1-13(2)17(3)11-6-10-16-21(19,20)18(4)12-5-9-15-14-7-8-14/h13-16H,5-12H2,1-4H3. The number of rotatable bonds is 12. The molecule has 0 unspecified atom stereocenters. The maximum absolute atomic E-state index is 12.0. The summed E-state index contributed by atoms with van der Waals surface area (Å²) >= 11 is 0. The highest BCUT2D eigenvalue weighted by Crippen LogP contribution is 2.18. The molecule has 0 aromatic carbocycles. The third kappa shape index (κ3) is 8.11. The monoisotopic (exact) mass is 320 g/mol. The van der Waals surface area contributed by atoms with Gasteiger partial charge in [0, 0.05) is 32.2 Å². The van der Waals surface area contributed by atoms with Crippen LogP contribution in [0.25, 0.3) is 0 Å². The molecule has 1 aliphatic rings. The van der Waals surface area contributed by atoms with Crippen LogP contribution < -0.4 is 10.0 Å². The van der Waals surface area contributed by atoms with Crippen molar-refractivity contribution in [3.63, 3.8) is 0 Å². The van der Waals surface area contributed by atoms with Gasteiger partial charge in [0.05, 0.1) is 0 Å². The van der Waals surface area contributed by atoms with Gasteiger partial charge in [0.25, 0.3) is 10.2 Å². The van der Waals surface area contributed by atoms with Gasteiger partial charge in [-0.15, -0.1) is 0 Å². The van der Waals surface area contributed by atoms with E-state index in [4.69, 9.17) is 0 Å². The Morgan fingerprint density at radius 3 is 2.29 bits per heavy atom. The van der Waals surface area contributed by atoms with E-state index in [2.05, 4.69) is 35.8 Å². The normalized spacial score (nSPS) is 16.3. The van der Waals surface area contributed by atoms with Crippen LogP contribution in [0.5, 0.6) is 0 Å². The Hall–Kier alpha value is -0.210. The van der Waals surface area contributed by atoms with E-state index in [1.807, 2.05) is 0 Å². The van der Waals surface area contributed by atoms with Crippen molar-refractivity contribution < 1.29 is 8.42 Å². The fraction of sp³-hybridized carbons (Fsp3) is 1.00. The summed E-state index contributed by atoms with van der Waals surface area (Å²) in [5, 5.41) is 3.39. The lowest BCUT2D eigenvalue weighted by Crippen LogP contribution is -2.40.